The van der Waals surface area contributed by atoms with E-state index in [2.05, 4.69) is 35.2 Å². The first-order chi connectivity index (χ1) is 19.9. The molecule has 42 heavy (non-hydrogen) atoms. The lowest BCUT2D eigenvalue weighted by Gasteiger charge is -2.31. The molecule has 0 amide bonds. The molecule has 0 saturated carbocycles. The minimum Gasteiger partial charge on any atom is -0.394 e. The van der Waals surface area contributed by atoms with Crippen LogP contribution >= 0.6 is 6.49 Å². The number of halogens is 1. The number of nitrogens with one attached hydrogen (secondary N) is 1. The number of rotatable bonds is 8. The second-order valence-electron chi connectivity index (χ2n) is 10.2. The molecule has 6 rings (SSSR count). The number of aliphatic hydroxyl groups excluding tert-OH is 2. The number of nitrogens with two attached hydrogens (primary N) is 2. The van der Waals surface area contributed by atoms with Gasteiger partial charge >= 0.3 is 0 Å². The Labute approximate surface area is 240 Å². The topological polar surface area (TPSA) is 260 Å². The molecule has 0 bridgehead atoms. The Bertz CT molecular complexity index is 1750. The number of hydrogen-bond acceptors (Lipinski definition) is 15. The zero-order valence-corrected chi connectivity index (χ0v) is 23.6. The van der Waals surface area contributed by atoms with Crippen molar-refractivity contribution in [3.63, 3.8) is 0 Å². The minimum absolute atomic E-state index is 0.0612. The smallest absolute Gasteiger partial charge is 0.282 e. The molecular weight excluding hydrogens is 600 g/mol. The number of aromatic nitrogens is 9. The van der Waals surface area contributed by atoms with Gasteiger partial charge in [0.05, 0.1) is 31.2 Å². The lowest BCUT2D eigenvalue weighted by molar-refractivity contribution is -0.0984. The molecule has 226 valence electrons. The number of nitrogen functional groups attached to an aromatic ring is 2. The molecule has 0 spiro atoms. The maximum absolute atomic E-state index is 15.5. The first kappa shape index (κ1) is 28.9. The summed E-state index contributed by atoms with van der Waals surface area (Å²) >= 11 is 5.39. The number of alkyl halides is 1. The van der Waals surface area contributed by atoms with E-state index in [1.165, 1.54) is 12.7 Å². The standard InChI is InChI=1S/C21H27FN11O7PS/c1-21(9(35)4-10(40-21)32-7-27-12-15(23)25-6-26-16(12)32)2-3-38-41(37,42)14-11(22)8(5-34)39-19(14)33-17-13(30-31-33)18(36)29-20(24)28-17/h6-11,14,19,34-35H,2-5H2,1H3,(H,37,42)(H2,23,25,26)(H3,24,28,29,36)/t8-,9+,10-,11+,14-,19-,21-,41?/m1/s1. The average Bonchev–Trinajstić information content (AvgIpc) is 3.68. The van der Waals surface area contributed by atoms with Gasteiger partial charge in [0.1, 0.15) is 36.0 Å². The summed E-state index contributed by atoms with van der Waals surface area (Å²) in [6.07, 6.45) is -3.32. The summed E-state index contributed by atoms with van der Waals surface area (Å²) < 4.78 is 35.7. The largest absolute Gasteiger partial charge is 0.394 e. The van der Waals surface area contributed by atoms with Crippen LogP contribution in [0, 0.1) is 0 Å². The van der Waals surface area contributed by atoms with Crippen LogP contribution in [-0.2, 0) is 25.8 Å². The van der Waals surface area contributed by atoms with E-state index in [9.17, 15) is 19.9 Å². The summed E-state index contributed by atoms with van der Waals surface area (Å²) in [6.45, 7) is -3.34. The molecule has 2 saturated heterocycles. The van der Waals surface area contributed by atoms with Crippen LogP contribution in [0.1, 0.15) is 32.2 Å². The van der Waals surface area contributed by atoms with Crippen molar-refractivity contribution in [3.05, 3.63) is 23.0 Å². The Kier molecular flexibility index (Phi) is 7.21. The van der Waals surface area contributed by atoms with Crippen LogP contribution < -0.4 is 17.0 Å². The van der Waals surface area contributed by atoms with Crippen LogP contribution in [-0.4, -0.2) is 102 Å². The maximum Gasteiger partial charge on any atom is 0.282 e. The number of nitrogens with zero attached hydrogens (tertiary/aromatic N) is 8. The van der Waals surface area contributed by atoms with Gasteiger partial charge in [0, 0.05) is 12.8 Å². The molecular formula is C21H27FN11O7PS. The number of anilines is 2. The van der Waals surface area contributed by atoms with Crippen LogP contribution in [0.3, 0.4) is 0 Å². The summed E-state index contributed by atoms with van der Waals surface area (Å²) in [5, 5.41) is 28.2. The zero-order chi connectivity index (χ0) is 30.0. The minimum atomic E-state index is -4.05. The van der Waals surface area contributed by atoms with Crippen molar-refractivity contribution < 1.29 is 33.5 Å². The van der Waals surface area contributed by atoms with E-state index < -0.39 is 60.8 Å². The number of ether oxygens (including phenoxy) is 2. The molecule has 18 nitrogen and oxygen atoms in total. The van der Waals surface area contributed by atoms with Crippen LogP contribution in [0.4, 0.5) is 16.2 Å². The summed E-state index contributed by atoms with van der Waals surface area (Å²) in [4.78, 5) is 42.1. The number of hydrogen-bond donors (Lipinski definition) is 6. The highest BCUT2D eigenvalue weighted by atomic mass is 32.5. The predicted octanol–water partition coefficient (Wildman–Crippen LogP) is -1.14. The van der Waals surface area contributed by atoms with Crippen molar-refractivity contribution in [2.75, 3.05) is 24.7 Å². The molecule has 2 aliphatic heterocycles. The maximum atomic E-state index is 15.5. The molecule has 0 aromatic carbocycles. The fraction of sp³-hybridized carbons (Fsp3) is 0.571. The second kappa shape index (κ2) is 10.5. The molecule has 0 radical (unpaired) electrons. The van der Waals surface area contributed by atoms with E-state index in [4.69, 9.17) is 37.3 Å². The van der Waals surface area contributed by atoms with Crippen LogP contribution in [0.15, 0.2) is 17.4 Å². The van der Waals surface area contributed by atoms with Crippen molar-refractivity contribution in [1.82, 2.24) is 44.5 Å². The molecule has 6 heterocycles. The van der Waals surface area contributed by atoms with Crippen LogP contribution in [0.2, 0.25) is 0 Å². The van der Waals surface area contributed by atoms with E-state index >= 15 is 4.39 Å². The fourth-order valence-electron chi connectivity index (χ4n) is 5.25. The molecule has 2 aliphatic rings. The number of aliphatic hydroxyl groups is 2. The Hall–Kier alpha value is -3.23. The van der Waals surface area contributed by atoms with Crippen molar-refractivity contribution in [2.24, 2.45) is 0 Å². The van der Waals surface area contributed by atoms with Gasteiger partial charge in [-0.1, -0.05) is 5.21 Å². The molecule has 4 aromatic rings. The first-order valence-corrected chi connectivity index (χ1v) is 15.4. The predicted molar refractivity (Wildman–Crippen MR) is 146 cm³/mol. The Morgan fingerprint density at radius 2 is 2.10 bits per heavy atom. The third kappa shape index (κ3) is 4.73. The summed E-state index contributed by atoms with van der Waals surface area (Å²) in [5.74, 6) is -0.0436. The van der Waals surface area contributed by atoms with Gasteiger partial charge in [-0.05, 0) is 18.7 Å². The highest BCUT2D eigenvalue weighted by Crippen LogP contribution is 2.58. The number of H-pyrrole nitrogens is 1. The monoisotopic (exact) mass is 627 g/mol. The highest BCUT2D eigenvalue weighted by Gasteiger charge is 2.54. The zero-order valence-electron chi connectivity index (χ0n) is 21.9. The van der Waals surface area contributed by atoms with Crippen LogP contribution in [0.25, 0.3) is 22.3 Å². The summed E-state index contributed by atoms with van der Waals surface area (Å²) in [5.41, 5.74) is 8.67. The Morgan fingerprint density at radius 3 is 2.86 bits per heavy atom. The third-order valence-corrected chi connectivity index (χ3v) is 10.4. The molecule has 8 atom stereocenters. The molecule has 21 heteroatoms. The van der Waals surface area contributed by atoms with Gasteiger partial charge < -0.3 is 40.6 Å². The quantitative estimate of drug-likeness (QED) is 0.126. The Balaban J connectivity index is 1.20. The molecule has 0 aliphatic carbocycles. The summed E-state index contributed by atoms with van der Waals surface area (Å²) in [6, 6.07) is 0. The van der Waals surface area contributed by atoms with Crippen molar-refractivity contribution >= 4 is 52.4 Å². The van der Waals surface area contributed by atoms with Crippen LogP contribution in [0.5, 0.6) is 0 Å². The highest BCUT2D eigenvalue weighted by molar-refractivity contribution is 8.09. The normalized spacial score (nSPS) is 31.3. The fourth-order valence-corrected chi connectivity index (χ4v) is 7.73. The van der Waals surface area contributed by atoms with E-state index in [0.29, 0.717) is 11.2 Å². The summed E-state index contributed by atoms with van der Waals surface area (Å²) in [7, 11) is 0. The van der Waals surface area contributed by atoms with E-state index in [1.54, 1.807) is 11.5 Å². The van der Waals surface area contributed by atoms with Gasteiger partial charge in [-0.2, -0.15) is 9.67 Å². The number of aromatic amines is 1. The van der Waals surface area contributed by atoms with Crippen molar-refractivity contribution in [1.29, 1.82) is 0 Å². The van der Waals surface area contributed by atoms with Gasteiger partial charge in [0.2, 0.25) is 5.95 Å². The lowest BCUT2D eigenvalue weighted by atomic mass is 9.96. The van der Waals surface area contributed by atoms with Crippen molar-refractivity contribution in [2.45, 2.75) is 61.9 Å². The van der Waals surface area contributed by atoms with Gasteiger partial charge in [0.15, 0.2) is 35.3 Å². The average molecular weight is 628 g/mol. The number of fused-ring (bicyclic) bond motifs is 2. The number of imidazole rings is 1. The van der Waals surface area contributed by atoms with Crippen molar-refractivity contribution in [3.8, 4) is 0 Å². The second-order valence-corrected chi connectivity index (χ2v) is 13.8. The van der Waals surface area contributed by atoms with E-state index in [-0.39, 0.29) is 42.4 Å². The molecule has 4 aromatic heterocycles. The van der Waals surface area contributed by atoms with Gasteiger partial charge in [-0.3, -0.25) is 14.3 Å². The molecule has 2 fully saturated rings. The third-order valence-electron chi connectivity index (χ3n) is 7.55. The van der Waals surface area contributed by atoms with Gasteiger partial charge in [-0.15, -0.1) is 5.10 Å². The molecule has 1 unspecified atom stereocenters. The Morgan fingerprint density at radius 1 is 1.31 bits per heavy atom. The SMILES string of the molecule is C[C@]1(CCOP(O)(=S)[C@@H]2[C@@H](F)[C@@H](CO)O[C@H]2n2nnc3c(=O)[nH]c(N)nc32)O[C@@H](n2cnc3c(N)ncnc32)C[C@@H]1O. The van der Waals surface area contributed by atoms with Gasteiger partial charge in [0.25, 0.3) is 5.56 Å². The first-order valence-electron chi connectivity index (χ1n) is 12.7. The molecule has 8 N–H and O–H groups in total. The van der Waals surface area contributed by atoms with Gasteiger partial charge in [-0.25, -0.2) is 19.3 Å². The van der Waals surface area contributed by atoms with E-state index in [0.717, 1.165) is 4.68 Å². The van der Waals surface area contributed by atoms with E-state index in [1.807, 2.05) is 0 Å². The lowest BCUT2D eigenvalue weighted by Crippen LogP contribution is -2.37.